The Balaban J connectivity index is 2.25. The number of nitrogen functional groups attached to an aromatic ring is 1. The smallest absolute Gasteiger partial charge is 0.230 e. The van der Waals surface area contributed by atoms with Crippen molar-refractivity contribution >= 4 is 34.1 Å². The lowest BCUT2D eigenvalue weighted by Crippen LogP contribution is -2.33. The monoisotopic (exact) mass is 260 g/mol. The van der Waals surface area contributed by atoms with E-state index in [9.17, 15) is 4.79 Å². The van der Waals surface area contributed by atoms with Crippen LogP contribution in [0.3, 0.4) is 0 Å². The first-order valence-corrected chi connectivity index (χ1v) is 6.93. The van der Waals surface area contributed by atoms with Crippen LogP contribution >= 0.6 is 23.1 Å². The lowest BCUT2D eigenvalue weighted by Gasteiger charge is -2.11. The van der Waals surface area contributed by atoms with Gasteiger partial charge in [0.15, 0.2) is 4.34 Å². The van der Waals surface area contributed by atoms with Crippen LogP contribution in [-0.4, -0.2) is 27.9 Å². The van der Waals surface area contributed by atoms with Crippen molar-refractivity contribution in [3.63, 3.8) is 0 Å². The average Bonchev–Trinajstić information content (AvgIpc) is 2.61. The number of nitrogens with one attached hydrogen (secondary N) is 1. The summed E-state index contributed by atoms with van der Waals surface area (Å²) in [7, 11) is 0. The van der Waals surface area contributed by atoms with E-state index in [-0.39, 0.29) is 11.9 Å². The van der Waals surface area contributed by atoms with E-state index in [1.165, 1.54) is 23.1 Å². The molecule has 1 aromatic rings. The Hall–Kier alpha value is -0.820. The minimum absolute atomic E-state index is 0.0275. The topological polar surface area (TPSA) is 80.9 Å². The van der Waals surface area contributed by atoms with Gasteiger partial charge in [-0.15, -0.1) is 10.2 Å². The number of nitrogens with zero attached hydrogens (tertiary/aromatic N) is 2. The molecule has 1 heterocycles. The molecule has 0 aromatic carbocycles. The molecule has 1 rings (SSSR count). The van der Waals surface area contributed by atoms with Crippen LogP contribution in [0.4, 0.5) is 5.13 Å². The zero-order valence-electron chi connectivity index (χ0n) is 9.40. The van der Waals surface area contributed by atoms with Crippen LogP contribution < -0.4 is 11.1 Å². The predicted octanol–water partition coefficient (Wildman–Crippen LogP) is 1.52. The summed E-state index contributed by atoms with van der Waals surface area (Å²) < 4.78 is 0.732. The third kappa shape index (κ3) is 4.80. The highest BCUT2D eigenvalue weighted by atomic mass is 32.2. The van der Waals surface area contributed by atoms with Gasteiger partial charge in [0.25, 0.3) is 0 Å². The highest BCUT2D eigenvalue weighted by Crippen LogP contribution is 2.22. The number of carbonyl (C=O) groups is 1. The van der Waals surface area contributed by atoms with Crippen LogP contribution in [0.1, 0.15) is 26.7 Å². The summed E-state index contributed by atoms with van der Waals surface area (Å²) in [5.74, 6) is 0.391. The van der Waals surface area contributed by atoms with Gasteiger partial charge in [-0.25, -0.2) is 0 Å². The molecular formula is C9H16N4OS2. The van der Waals surface area contributed by atoms with E-state index in [0.717, 1.165) is 17.2 Å². The highest BCUT2D eigenvalue weighted by Gasteiger charge is 2.09. The van der Waals surface area contributed by atoms with Gasteiger partial charge in [0, 0.05) is 6.04 Å². The summed E-state index contributed by atoms with van der Waals surface area (Å²) in [6.45, 7) is 4.11. The Morgan fingerprint density at radius 2 is 2.38 bits per heavy atom. The molecule has 16 heavy (non-hydrogen) atoms. The normalized spacial score (nSPS) is 12.4. The Morgan fingerprint density at radius 3 is 2.94 bits per heavy atom. The molecule has 0 saturated carbocycles. The van der Waals surface area contributed by atoms with Gasteiger partial charge >= 0.3 is 0 Å². The van der Waals surface area contributed by atoms with Crippen molar-refractivity contribution in [3.05, 3.63) is 0 Å². The molecule has 0 aliphatic heterocycles. The van der Waals surface area contributed by atoms with E-state index in [4.69, 9.17) is 5.73 Å². The van der Waals surface area contributed by atoms with Crippen LogP contribution in [0.5, 0.6) is 0 Å². The molecule has 0 bridgehead atoms. The van der Waals surface area contributed by atoms with Gasteiger partial charge in [0.2, 0.25) is 11.0 Å². The Bertz CT molecular complexity index is 342. The molecule has 1 atom stereocenters. The van der Waals surface area contributed by atoms with Crippen LogP contribution in [0.2, 0.25) is 0 Å². The highest BCUT2D eigenvalue weighted by molar-refractivity contribution is 8.01. The third-order valence-corrected chi connectivity index (χ3v) is 3.76. The lowest BCUT2D eigenvalue weighted by atomic mass is 10.2. The molecule has 7 heteroatoms. The molecule has 3 N–H and O–H groups in total. The quantitative estimate of drug-likeness (QED) is 0.758. The number of nitrogens with two attached hydrogens (primary N) is 1. The van der Waals surface area contributed by atoms with Crippen LogP contribution in [0, 0.1) is 0 Å². The number of amides is 1. The fourth-order valence-corrected chi connectivity index (χ4v) is 2.67. The van der Waals surface area contributed by atoms with Gasteiger partial charge in [-0.1, -0.05) is 36.4 Å². The molecule has 1 unspecified atom stereocenters. The molecule has 0 spiro atoms. The van der Waals surface area contributed by atoms with Crippen molar-refractivity contribution in [2.24, 2.45) is 0 Å². The molecule has 0 aliphatic carbocycles. The van der Waals surface area contributed by atoms with Gasteiger partial charge in [-0.05, 0) is 13.3 Å². The maximum atomic E-state index is 11.5. The molecule has 0 aliphatic rings. The van der Waals surface area contributed by atoms with Crippen molar-refractivity contribution < 1.29 is 4.79 Å². The summed E-state index contributed by atoms with van der Waals surface area (Å²) in [6.07, 6.45) is 2.07. The summed E-state index contributed by atoms with van der Waals surface area (Å²) in [5, 5.41) is 10.9. The summed E-state index contributed by atoms with van der Waals surface area (Å²) in [4.78, 5) is 11.5. The van der Waals surface area contributed by atoms with E-state index in [0.29, 0.717) is 10.9 Å². The maximum Gasteiger partial charge on any atom is 0.230 e. The fourth-order valence-electron chi connectivity index (χ4n) is 1.23. The number of rotatable bonds is 6. The number of hydrogen-bond donors (Lipinski definition) is 2. The Kier molecular flexibility index (Phi) is 5.54. The van der Waals surface area contributed by atoms with Gasteiger partial charge in [0.05, 0.1) is 5.75 Å². The zero-order chi connectivity index (χ0) is 12.0. The zero-order valence-corrected chi connectivity index (χ0v) is 11.0. The number of hydrogen-bond acceptors (Lipinski definition) is 6. The largest absolute Gasteiger partial charge is 0.374 e. The minimum Gasteiger partial charge on any atom is -0.374 e. The number of thioether (sulfide) groups is 1. The number of carbonyl (C=O) groups excluding carboxylic acids is 1. The summed E-state index contributed by atoms with van der Waals surface area (Å²) >= 11 is 2.66. The van der Waals surface area contributed by atoms with Gasteiger partial charge < -0.3 is 11.1 Å². The number of anilines is 1. The van der Waals surface area contributed by atoms with E-state index >= 15 is 0 Å². The molecule has 0 fully saturated rings. The van der Waals surface area contributed by atoms with Gasteiger partial charge in [-0.3, -0.25) is 4.79 Å². The molecule has 90 valence electrons. The fraction of sp³-hybridized carbons (Fsp3) is 0.667. The van der Waals surface area contributed by atoms with Crippen molar-refractivity contribution in [1.82, 2.24) is 15.5 Å². The molecule has 5 nitrogen and oxygen atoms in total. The second kappa shape index (κ2) is 6.70. The Morgan fingerprint density at radius 1 is 1.62 bits per heavy atom. The first-order chi connectivity index (χ1) is 7.61. The van der Waals surface area contributed by atoms with Gasteiger partial charge in [0.1, 0.15) is 0 Å². The second-order valence-corrected chi connectivity index (χ2v) is 5.68. The molecule has 0 radical (unpaired) electrons. The van der Waals surface area contributed by atoms with Crippen molar-refractivity contribution in [2.45, 2.75) is 37.1 Å². The standard InChI is InChI=1S/C9H16N4OS2/c1-3-4-6(2)11-7(14)5-15-9-13-12-8(10)16-9/h6H,3-5H2,1-2H3,(H2,10,12)(H,11,14). The summed E-state index contributed by atoms with van der Waals surface area (Å²) in [5.41, 5.74) is 5.44. The minimum atomic E-state index is 0.0275. The van der Waals surface area contributed by atoms with E-state index < -0.39 is 0 Å². The number of aromatic nitrogens is 2. The van der Waals surface area contributed by atoms with Gasteiger partial charge in [-0.2, -0.15) is 0 Å². The van der Waals surface area contributed by atoms with Crippen LogP contribution in [0.25, 0.3) is 0 Å². The first-order valence-electron chi connectivity index (χ1n) is 5.13. The molecular weight excluding hydrogens is 244 g/mol. The molecule has 1 amide bonds. The maximum absolute atomic E-state index is 11.5. The average molecular weight is 260 g/mol. The first kappa shape index (κ1) is 13.2. The second-order valence-electron chi connectivity index (χ2n) is 3.45. The van der Waals surface area contributed by atoms with E-state index in [2.05, 4.69) is 22.4 Å². The SMILES string of the molecule is CCCC(C)NC(=O)CSc1nnc(N)s1. The Labute approximate surface area is 103 Å². The third-order valence-electron chi connectivity index (χ3n) is 1.88. The predicted molar refractivity (Wildman–Crippen MR) is 67.6 cm³/mol. The summed E-state index contributed by atoms with van der Waals surface area (Å²) in [6, 6.07) is 0.234. The molecule has 1 aromatic heterocycles. The van der Waals surface area contributed by atoms with E-state index in [1.54, 1.807) is 0 Å². The molecule has 0 saturated heterocycles. The van der Waals surface area contributed by atoms with Crippen molar-refractivity contribution in [3.8, 4) is 0 Å². The van der Waals surface area contributed by atoms with Crippen LogP contribution in [0.15, 0.2) is 4.34 Å². The van der Waals surface area contributed by atoms with Crippen molar-refractivity contribution in [1.29, 1.82) is 0 Å². The van der Waals surface area contributed by atoms with Crippen molar-refractivity contribution in [2.75, 3.05) is 11.5 Å². The lowest BCUT2D eigenvalue weighted by molar-refractivity contribution is -0.119. The van der Waals surface area contributed by atoms with E-state index in [1.807, 2.05) is 6.92 Å². The van der Waals surface area contributed by atoms with Crippen LogP contribution in [-0.2, 0) is 4.79 Å².